The monoisotopic (exact) mass is 340 g/mol. The van der Waals surface area contributed by atoms with Crippen LogP contribution in [0.15, 0.2) is 23.1 Å². The fourth-order valence-electron chi connectivity index (χ4n) is 1.78. The Labute approximate surface area is 125 Å². The number of carbonyl (C=O) groups excluding carboxylic acids is 1. The van der Waals surface area contributed by atoms with Crippen LogP contribution in [0, 0.1) is 0 Å². The zero-order chi connectivity index (χ0) is 17.1. The Morgan fingerprint density at radius 1 is 1.41 bits per heavy atom. The molecule has 0 radical (unpaired) electrons. The fourth-order valence-corrected chi connectivity index (χ4v) is 2.53. The number of ether oxygens (including phenoxy) is 1. The number of sulfonamides is 1. The van der Waals surface area contributed by atoms with Crippen LogP contribution in [-0.2, 0) is 21.2 Å². The smallest absolute Gasteiger partial charge is 0.471 e. The number of alkyl halides is 3. The largest absolute Gasteiger partial charge is 0.495 e. The van der Waals surface area contributed by atoms with Crippen molar-refractivity contribution in [2.24, 2.45) is 5.14 Å². The molecule has 0 spiro atoms. The van der Waals surface area contributed by atoms with Gasteiger partial charge in [0.25, 0.3) is 0 Å². The number of hydrogen-bond acceptors (Lipinski definition) is 4. The predicted molar refractivity (Wildman–Crippen MR) is 71.7 cm³/mol. The van der Waals surface area contributed by atoms with E-state index < -0.39 is 28.1 Å². The van der Waals surface area contributed by atoms with E-state index in [4.69, 9.17) is 9.88 Å². The summed E-state index contributed by atoms with van der Waals surface area (Å²) in [5, 5.41) is 6.82. The van der Waals surface area contributed by atoms with Crippen LogP contribution in [0.25, 0.3) is 0 Å². The van der Waals surface area contributed by atoms with Gasteiger partial charge in [0, 0.05) is 6.04 Å². The zero-order valence-corrected chi connectivity index (χ0v) is 12.6. The van der Waals surface area contributed by atoms with Gasteiger partial charge in [-0.2, -0.15) is 13.2 Å². The van der Waals surface area contributed by atoms with Crippen LogP contribution < -0.4 is 15.2 Å². The Bertz CT molecular complexity index is 659. The fraction of sp³-hybridized carbons (Fsp3) is 0.417. The van der Waals surface area contributed by atoms with Crippen molar-refractivity contribution in [1.29, 1.82) is 0 Å². The summed E-state index contributed by atoms with van der Waals surface area (Å²) in [6, 6.07) is 3.16. The van der Waals surface area contributed by atoms with Gasteiger partial charge in [-0.25, -0.2) is 13.6 Å². The molecule has 1 atom stereocenters. The molecule has 0 saturated carbocycles. The predicted octanol–water partition coefficient (Wildman–Crippen LogP) is 0.952. The maximum atomic E-state index is 12.1. The van der Waals surface area contributed by atoms with Crippen LogP contribution in [0.2, 0.25) is 0 Å². The molecule has 0 aliphatic heterocycles. The number of hydrogen-bond donors (Lipinski definition) is 2. The third kappa shape index (κ3) is 4.88. The Morgan fingerprint density at radius 3 is 2.45 bits per heavy atom. The Kier molecular flexibility index (Phi) is 5.41. The van der Waals surface area contributed by atoms with Crippen LogP contribution in [0.4, 0.5) is 13.2 Å². The highest BCUT2D eigenvalue weighted by atomic mass is 32.2. The van der Waals surface area contributed by atoms with E-state index >= 15 is 0 Å². The number of methoxy groups -OCH3 is 1. The maximum Gasteiger partial charge on any atom is 0.471 e. The summed E-state index contributed by atoms with van der Waals surface area (Å²) in [6.45, 7) is 1.37. The first-order valence-electron chi connectivity index (χ1n) is 6.02. The number of benzene rings is 1. The molecule has 1 aromatic carbocycles. The number of primary sulfonamides is 1. The van der Waals surface area contributed by atoms with E-state index in [9.17, 15) is 26.4 Å². The van der Waals surface area contributed by atoms with Crippen molar-refractivity contribution in [3.8, 4) is 5.75 Å². The molecule has 22 heavy (non-hydrogen) atoms. The van der Waals surface area contributed by atoms with Crippen molar-refractivity contribution in [3.05, 3.63) is 23.8 Å². The van der Waals surface area contributed by atoms with E-state index in [-0.39, 0.29) is 17.1 Å². The Hall–Kier alpha value is -1.81. The second-order valence-electron chi connectivity index (χ2n) is 4.61. The van der Waals surface area contributed by atoms with Gasteiger partial charge in [0.2, 0.25) is 10.0 Å². The zero-order valence-electron chi connectivity index (χ0n) is 11.8. The van der Waals surface area contributed by atoms with Crippen LogP contribution >= 0.6 is 0 Å². The number of amides is 1. The van der Waals surface area contributed by atoms with Gasteiger partial charge in [0.15, 0.2) is 0 Å². The molecule has 0 bridgehead atoms. The van der Waals surface area contributed by atoms with Gasteiger partial charge in [-0.1, -0.05) is 6.07 Å². The van der Waals surface area contributed by atoms with Crippen LogP contribution in [-0.4, -0.2) is 33.7 Å². The summed E-state index contributed by atoms with van der Waals surface area (Å²) in [6.07, 6.45) is -4.98. The summed E-state index contributed by atoms with van der Waals surface area (Å²) in [5.41, 5.74) is 0.389. The van der Waals surface area contributed by atoms with E-state index in [1.54, 1.807) is 5.32 Å². The van der Waals surface area contributed by atoms with Crippen molar-refractivity contribution in [3.63, 3.8) is 0 Å². The van der Waals surface area contributed by atoms with Crippen molar-refractivity contribution in [1.82, 2.24) is 5.32 Å². The van der Waals surface area contributed by atoms with E-state index in [0.29, 0.717) is 5.56 Å². The topological polar surface area (TPSA) is 98.5 Å². The van der Waals surface area contributed by atoms with Gasteiger partial charge in [0.1, 0.15) is 10.6 Å². The summed E-state index contributed by atoms with van der Waals surface area (Å²) in [4.78, 5) is 10.5. The van der Waals surface area contributed by atoms with Gasteiger partial charge in [-0.3, -0.25) is 4.79 Å². The van der Waals surface area contributed by atoms with Crippen LogP contribution in [0.1, 0.15) is 12.5 Å². The molecule has 0 fully saturated rings. The van der Waals surface area contributed by atoms with E-state index in [1.165, 1.54) is 32.2 Å². The highest BCUT2D eigenvalue weighted by Crippen LogP contribution is 2.24. The second-order valence-corrected chi connectivity index (χ2v) is 6.14. The molecule has 0 heterocycles. The third-order valence-electron chi connectivity index (χ3n) is 2.71. The minimum Gasteiger partial charge on any atom is -0.495 e. The standard InChI is InChI=1S/C12H15F3N2O4S/c1-7(17-11(18)12(13,14)15)5-8-3-4-9(21-2)10(6-8)22(16,19)20/h3-4,6-7H,5H2,1-2H3,(H,17,18)(H2,16,19,20). The number of halogens is 3. The first-order chi connectivity index (χ1) is 9.95. The number of carbonyl (C=O) groups is 1. The third-order valence-corrected chi connectivity index (χ3v) is 3.64. The summed E-state index contributed by atoms with van der Waals surface area (Å²) < 4.78 is 64.2. The summed E-state index contributed by atoms with van der Waals surface area (Å²) >= 11 is 0. The van der Waals surface area contributed by atoms with Gasteiger partial charge in [0.05, 0.1) is 7.11 Å². The van der Waals surface area contributed by atoms with E-state index in [0.717, 1.165) is 0 Å². The first-order valence-corrected chi connectivity index (χ1v) is 7.57. The Morgan fingerprint density at radius 2 is 2.00 bits per heavy atom. The molecule has 1 aromatic rings. The molecular weight excluding hydrogens is 325 g/mol. The summed E-state index contributed by atoms with van der Waals surface area (Å²) in [5.74, 6) is -2.03. The Balaban J connectivity index is 2.93. The molecule has 0 saturated heterocycles. The SMILES string of the molecule is COc1ccc(CC(C)NC(=O)C(F)(F)F)cc1S(N)(=O)=O. The molecule has 1 rings (SSSR count). The number of nitrogens with one attached hydrogen (secondary N) is 1. The lowest BCUT2D eigenvalue weighted by atomic mass is 10.1. The van der Waals surface area contributed by atoms with Crippen LogP contribution in [0.3, 0.4) is 0 Å². The van der Waals surface area contributed by atoms with Crippen molar-refractivity contribution in [2.75, 3.05) is 7.11 Å². The molecule has 0 aliphatic carbocycles. The average molecular weight is 340 g/mol. The quantitative estimate of drug-likeness (QED) is 0.834. The van der Waals surface area contributed by atoms with Crippen molar-refractivity contribution < 1.29 is 31.1 Å². The molecule has 6 nitrogen and oxygen atoms in total. The minimum atomic E-state index is -4.97. The lowest BCUT2D eigenvalue weighted by molar-refractivity contribution is -0.174. The van der Waals surface area contributed by atoms with Crippen molar-refractivity contribution >= 4 is 15.9 Å². The molecule has 1 unspecified atom stereocenters. The highest BCUT2D eigenvalue weighted by molar-refractivity contribution is 7.89. The molecule has 124 valence electrons. The van der Waals surface area contributed by atoms with Gasteiger partial charge in [-0.05, 0) is 31.0 Å². The van der Waals surface area contributed by atoms with Gasteiger partial charge < -0.3 is 10.1 Å². The molecule has 1 amide bonds. The molecule has 0 aliphatic rings. The average Bonchev–Trinajstić information content (AvgIpc) is 2.36. The molecule has 0 aromatic heterocycles. The van der Waals surface area contributed by atoms with E-state index in [1.807, 2.05) is 0 Å². The normalized spacial score (nSPS) is 13.5. The lowest BCUT2D eigenvalue weighted by Gasteiger charge is -2.16. The van der Waals surface area contributed by atoms with Gasteiger partial charge in [-0.15, -0.1) is 0 Å². The van der Waals surface area contributed by atoms with Crippen molar-refractivity contribution in [2.45, 2.75) is 30.5 Å². The van der Waals surface area contributed by atoms with Gasteiger partial charge >= 0.3 is 12.1 Å². The number of rotatable bonds is 5. The molecular formula is C12H15F3N2O4S. The lowest BCUT2D eigenvalue weighted by Crippen LogP contribution is -2.42. The molecule has 3 N–H and O–H groups in total. The first kappa shape index (κ1) is 18.2. The molecule has 10 heteroatoms. The maximum absolute atomic E-state index is 12.1. The summed E-state index contributed by atoms with van der Waals surface area (Å²) in [7, 11) is -2.78. The van der Waals surface area contributed by atoms with Crippen LogP contribution in [0.5, 0.6) is 5.75 Å². The van der Waals surface area contributed by atoms with E-state index in [2.05, 4.69) is 0 Å². The second kappa shape index (κ2) is 6.53. The highest BCUT2D eigenvalue weighted by Gasteiger charge is 2.39. The number of nitrogens with two attached hydrogens (primary N) is 1. The minimum absolute atomic E-state index is 0.00562.